The summed E-state index contributed by atoms with van der Waals surface area (Å²) < 4.78 is 0. The van der Waals surface area contributed by atoms with Crippen molar-refractivity contribution in [1.29, 1.82) is 0 Å². The summed E-state index contributed by atoms with van der Waals surface area (Å²) in [6.07, 6.45) is 8.11. The Morgan fingerprint density at radius 3 is 2.42 bits per heavy atom. The van der Waals surface area contributed by atoms with Gasteiger partial charge in [-0.15, -0.1) is 6.42 Å². The summed E-state index contributed by atoms with van der Waals surface area (Å²) in [5.41, 5.74) is -0.488. The van der Waals surface area contributed by atoms with E-state index in [2.05, 4.69) is 19.8 Å². The van der Waals surface area contributed by atoms with Crippen molar-refractivity contribution < 1.29 is 5.11 Å². The molecule has 0 aromatic heterocycles. The Hall–Kier alpha value is -0.480. The van der Waals surface area contributed by atoms with Gasteiger partial charge in [-0.2, -0.15) is 0 Å². The van der Waals surface area contributed by atoms with Gasteiger partial charge in [-0.1, -0.05) is 26.7 Å². The Bertz CT molecular complexity index is 212. The third kappa shape index (κ3) is 1.64. The van der Waals surface area contributed by atoms with Crippen LogP contribution in [-0.2, 0) is 0 Å². The number of terminal acetylenes is 1. The van der Waals surface area contributed by atoms with Crippen LogP contribution in [0.25, 0.3) is 0 Å². The van der Waals surface area contributed by atoms with Gasteiger partial charge in [0.25, 0.3) is 0 Å². The van der Waals surface area contributed by atoms with Gasteiger partial charge in [0.05, 0.1) is 0 Å². The van der Waals surface area contributed by atoms with Gasteiger partial charge in [0.1, 0.15) is 5.60 Å². The minimum Gasteiger partial charge on any atom is -0.377 e. The Morgan fingerprint density at radius 1 is 1.42 bits per heavy atom. The van der Waals surface area contributed by atoms with Gasteiger partial charge < -0.3 is 5.11 Å². The van der Waals surface area contributed by atoms with Crippen LogP contribution in [0.1, 0.15) is 40.0 Å². The zero-order chi connectivity index (χ0) is 9.41. The molecule has 2 unspecified atom stereocenters. The highest BCUT2D eigenvalue weighted by atomic mass is 16.3. The van der Waals surface area contributed by atoms with E-state index in [9.17, 15) is 5.11 Å². The first-order valence-corrected chi connectivity index (χ1v) is 4.60. The molecule has 1 rings (SSSR count). The Morgan fingerprint density at radius 2 is 2.00 bits per heavy atom. The fourth-order valence-electron chi connectivity index (χ4n) is 2.09. The first-order chi connectivity index (χ1) is 5.40. The fourth-order valence-corrected chi connectivity index (χ4v) is 2.09. The third-order valence-electron chi connectivity index (χ3n) is 3.11. The molecule has 0 heterocycles. The molecule has 0 aliphatic heterocycles. The monoisotopic (exact) mass is 166 g/mol. The van der Waals surface area contributed by atoms with Gasteiger partial charge in [0, 0.05) is 0 Å². The number of aliphatic hydroxyl groups is 1. The van der Waals surface area contributed by atoms with Crippen molar-refractivity contribution in [1.82, 2.24) is 0 Å². The molecule has 0 radical (unpaired) electrons. The van der Waals surface area contributed by atoms with Gasteiger partial charge in [-0.3, -0.25) is 0 Å². The van der Waals surface area contributed by atoms with Crippen LogP contribution in [0.15, 0.2) is 0 Å². The van der Waals surface area contributed by atoms with E-state index in [0.29, 0.717) is 5.41 Å². The first-order valence-electron chi connectivity index (χ1n) is 4.60. The molecule has 2 atom stereocenters. The molecule has 0 bridgehead atoms. The highest BCUT2D eigenvalue weighted by molar-refractivity contribution is 5.12. The van der Waals surface area contributed by atoms with Crippen molar-refractivity contribution in [3.8, 4) is 12.3 Å². The summed E-state index contributed by atoms with van der Waals surface area (Å²) in [6.45, 7) is 6.51. The van der Waals surface area contributed by atoms with Crippen LogP contribution >= 0.6 is 0 Å². The van der Waals surface area contributed by atoms with Crippen LogP contribution < -0.4 is 0 Å². The van der Waals surface area contributed by atoms with E-state index in [1.165, 1.54) is 0 Å². The molecule has 1 aliphatic rings. The smallest absolute Gasteiger partial charge is 0.127 e. The van der Waals surface area contributed by atoms with E-state index in [1.54, 1.807) is 0 Å². The highest BCUT2D eigenvalue weighted by Crippen LogP contribution is 2.43. The van der Waals surface area contributed by atoms with Crippen molar-refractivity contribution in [3.05, 3.63) is 0 Å². The molecule has 0 spiro atoms. The second-order valence-electron chi connectivity index (χ2n) is 4.84. The SMILES string of the molecule is C#CC1(O)CCC(C)(C)CC1C. The Balaban J connectivity index is 2.74. The highest BCUT2D eigenvalue weighted by Gasteiger charge is 2.40. The van der Waals surface area contributed by atoms with Crippen LogP contribution in [-0.4, -0.2) is 10.7 Å². The molecule has 1 N–H and O–H groups in total. The minimum atomic E-state index is -0.838. The molecule has 1 fully saturated rings. The quantitative estimate of drug-likeness (QED) is 0.547. The molecule has 68 valence electrons. The molecule has 0 aromatic carbocycles. The average molecular weight is 166 g/mol. The van der Waals surface area contributed by atoms with Crippen LogP contribution in [0.5, 0.6) is 0 Å². The predicted octanol–water partition coefficient (Wildman–Crippen LogP) is 2.20. The van der Waals surface area contributed by atoms with E-state index in [0.717, 1.165) is 19.3 Å². The lowest BCUT2D eigenvalue weighted by atomic mass is 9.66. The molecule has 1 aliphatic carbocycles. The molecule has 1 saturated carbocycles. The molecular formula is C11H18O. The van der Waals surface area contributed by atoms with Crippen molar-refractivity contribution in [3.63, 3.8) is 0 Å². The van der Waals surface area contributed by atoms with Crippen molar-refractivity contribution in [2.24, 2.45) is 11.3 Å². The van der Waals surface area contributed by atoms with Crippen LogP contribution in [0.4, 0.5) is 0 Å². The molecule has 0 aromatic rings. The molecule has 0 amide bonds. The van der Waals surface area contributed by atoms with Crippen molar-refractivity contribution >= 4 is 0 Å². The van der Waals surface area contributed by atoms with E-state index in [4.69, 9.17) is 6.42 Å². The fraction of sp³-hybridized carbons (Fsp3) is 0.818. The summed E-state index contributed by atoms with van der Waals surface area (Å²) in [4.78, 5) is 0. The third-order valence-corrected chi connectivity index (χ3v) is 3.11. The van der Waals surface area contributed by atoms with E-state index >= 15 is 0 Å². The minimum absolute atomic E-state index is 0.228. The summed E-state index contributed by atoms with van der Waals surface area (Å²) in [7, 11) is 0. The summed E-state index contributed by atoms with van der Waals surface area (Å²) >= 11 is 0. The molecule has 0 saturated heterocycles. The van der Waals surface area contributed by atoms with Gasteiger partial charge in [0.2, 0.25) is 0 Å². The largest absolute Gasteiger partial charge is 0.377 e. The summed E-state index contributed by atoms with van der Waals surface area (Å²) in [6, 6.07) is 0. The van der Waals surface area contributed by atoms with Crippen molar-refractivity contribution in [2.75, 3.05) is 0 Å². The molecular weight excluding hydrogens is 148 g/mol. The van der Waals surface area contributed by atoms with Gasteiger partial charge in [-0.05, 0) is 30.6 Å². The lowest BCUT2D eigenvalue weighted by Crippen LogP contribution is -2.42. The maximum atomic E-state index is 9.94. The summed E-state index contributed by atoms with van der Waals surface area (Å²) in [5, 5.41) is 9.94. The van der Waals surface area contributed by atoms with E-state index in [-0.39, 0.29) is 5.92 Å². The van der Waals surface area contributed by atoms with E-state index in [1.807, 2.05) is 6.92 Å². The van der Waals surface area contributed by atoms with Gasteiger partial charge >= 0.3 is 0 Å². The second kappa shape index (κ2) is 2.78. The van der Waals surface area contributed by atoms with Gasteiger partial charge in [-0.25, -0.2) is 0 Å². The zero-order valence-electron chi connectivity index (χ0n) is 8.22. The number of rotatable bonds is 0. The zero-order valence-corrected chi connectivity index (χ0v) is 8.22. The Labute approximate surface area is 75.2 Å². The number of hydrogen-bond donors (Lipinski definition) is 1. The van der Waals surface area contributed by atoms with Crippen LogP contribution in [0, 0.1) is 23.7 Å². The Kier molecular flexibility index (Phi) is 2.23. The summed E-state index contributed by atoms with van der Waals surface area (Å²) in [5.74, 6) is 2.75. The lowest BCUT2D eigenvalue weighted by Gasteiger charge is -2.42. The number of hydrogen-bond acceptors (Lipinski definition) is 1. The van der Waals surface area contributed by atoms with Crippen molar-refractivity contribution in [2.45, 2.75) is 45.6 Å². The molecule has 1 nitrogen and oxygen atoms in total. The maximum Gasteiger partial charge on any atom is 0.127 e. The van der Waals surface area contributed by atoms with Crippen LogP contribution in [0.3, 0.4) is 0 Å². The predicted molar refractivity (Wildman–Crippen MR) is 50.6 cm³/mol. The normalized spacial score (nSPS) is 40.4. The second-order valence-corrected chi connectivity index (χ2v) is 4.84. The standard InChI is InChI=1S/C11H18O/c1-5-11(12)7-6-10(3,4)8-9(11)2/h1,9,12H,6-8H2,2-4H3. The van der Waals surface area contributed by atoms with Gasteiger partial charge in [0.15, 0.2) is 0 Å². The molecule has 12 heavy (non-hydrogen) atoms. The van der Waals surface area contributed by atoms with E-state index < -0.39 is 5.60 Å². The average Bonchev–Trinajstić information content (AvgIpc) is 1.97. The molecule has 1 heteroatoms. The topological polar surface area (TPSA) is 20.2 Å². The first kappa shape index (κ1) is 9.61. The lowest BCUT2D eigenvalue weighted by molar-refractivity contribution is -0.0249. The maximum absolute atomic E-state index is 9.94. The van der Waals surface area contributed by atoms with Crippen LogP contribution in [0.2, 0.25) is 0 Å².